The van der Waals surface area contributed by atoms with Gasteiger partial charge in [0.1, 0.15) is 0 Å². The van der Waals surface area contributed by atoms with Crippen LogP contribution in [0.15, 0.2) is 0 Å². The average molecular weight is 186 g/mol. The highest BCUT2D eigenvalue weighted by Gasteiger charge is 2.38. The summed E-state index contributed by atoms with van der Waals surface area (Å²) in [5, 5.41) is 18.4. The molecule has 1 fully saturated rings. The molecule has 1 aliphatic carbocycles. The lowest BCUT2D eigenvalue weighted by Crippen LogP contribution is -2.42. The van der Waals surface area contributed by atoms with Gasteiger partial charge in [-0.25, -0.2) is 4.79 Å². The van der Waals surface area contributed by atoms with Crippen LogP contribution >= 0.6 is 0 Å². The molecule has 2 unspecified atom stereocenters. The minimum absolute atomic E-state index is 0.157. The zero-order valence-corrected chi connectivity index (χ0v) is 8.29. The molecule has 0 aromatic heterocycles. The predicted molar refractivity (Wildman–Crippen MR) is 49.4 cm³/mol. The van der Waals surface area contributed by atoms with E-state index in [4.69, 9.17) is 5.11 Å². The van der Waals surface area contributed by atoms with E-state index in [1.807, 2.05) is 6.92 Å². The Balaban J connectivity index is 2.44. The lowest BCUT2D eigenvalue weighted by Gasteiger charge is -2.33. The first-order chi connectivity index (χ1) is 5.94. The van der Waals surface area contributed by atoms with Crippen molar-refractivity contribution in [1.82, 2.24) is 0 Å². The first kappa shape index (κ1) is 10.5. The van der Waals surface area contributed by atoms with Crippen LogP contribution in [0.4, 0.5) is 0 Å². The van der Waals surface area contributed by atoms with E-state index < -0.39 is 11.6 Å². The maximum Gasteiger partial charge on any atom is 0.335 e. The van der Waals surface area contributed by atoms with Crippen molar-refractivity contribution in [2.24, 2.45) is 11.8 Å². The number of carboxylic acid groups (broad SMARTS) is 1. The fraction of sp³-hybridized carbons (Fsp3) is 0.900. The molecular weight excluding hydrogens is 168 g/mol. The first-order valence-corrected chi connectivity index (χ1v) is 4.90. The first-order valence-electron chi connectivity index (χ1n) is 4.90. The number of aliphatic carboxylic acids is 1. The summed E-state index contributed by atoms with van der Waals surface area (Å²) in [6.45, 7) is 3.20. The van der Waals surface area contributed by atoms with E-state index in [-0.39, 0.29) is 5.92 Å². The van der Waals surface area contributed by atoms with Gasteiger partial charge in [-0.2, -0.15) is 0 Å². The molecule has 1 aliphatic rings. The smallest absolute Gasteiger partial charge is 0.335 e. The van der Waals surface area contributed by atoms with Crippen molar-refractivity contribution < 1.29 is 15.0 Å². The summed E-state index contributed by atoms with van der Waals surface area (Å²) in [7, 11) is 0. The molecule has 0 aliphatic heterocycles. The zero-order chi connectivity index (χ0) is 10.1. The molecule has 0 heterocycles. The van der Waals surface area contributed by atoms with Gasteiger partial charge >= 0.3 is 5.97 Å². The third kappa shape index (κ3) is 2.21. The van der Waals surface area contributed by atoms with E-state index >= 15 is 0 Å². The van der Waals surface area contributed by atoms with Crippen LogP contribution in [0.1, 0.15) is 39.5 Å². The Morgan fingerprint density at radius 1 is 1.62 bits per heavy atom. The third-order valence-corrected chi connectivity index (χ3v) is 3.30. The quantitative estimate of drug-likeness (QED) is 0.701. The number of hydrogen-bond donors (Lipinski definition) is 2. The zero-order valence-electron chi connectivity index (χ0n) is 8.29. The molecule has 2 N–H and O–H groups in total. The summed E-state index contributed by atoms with van der Waals surface area (Å²) in [4.78, 5) is 10.7. The van der Waals surface area contributed by atoms with Gasteiger partial charge < -0.3 is 10.2 Å². The van der Waals surface area contributed by atoms with E-state index in [2.05, 4.69) is 0 Å². The van der Waals surface area contributed by atoms with Crippen LogP contribution in [0.25, 0.3) is 0 Å². The highest BCUT2D eigenvalue weighted by molar-refractivity contribution is 5.76. The van der Waals surface area contributed by atoms with Gasteiger partial charge in [0.2, 0.25) is 0 Å². The molecule has 0 bridgehead atoms. The van der Waals surface area contributed by atoms with Crippen molar-refractivity contribution in [2.75, 3.05) is 0 Å². The van der Waals surface area contributed by atoms with E-state index in [9.17, 15) is 9.90 Å². The van der Waals surface area contributed by atoms with E-state index in [1.54, 1.807) is 0 Å². The van der Waals surface area contributed by atoms with Crippen molar-refractivity contribution in [3.63, 3.8) is 0 Å². The fourth-order valence-electron chi connectivity index (χ4n) is 1.67. The number of rotatable bonds is 4. The lowest BCUT2D eigenvalue weighted by molar-refractivity contribution is -0.162. The summed E-state index contributed by atoms with van der Waals surface area (Å²) in [5.41, 5.74) is -1.56. The van der Waals surface area contributed by atoms with Gasteiger partial charge in [0.25, 0.3) is 0 Å². The van der Waals surface area contributed by atoms with E-state index in [0.29, 0.717) is 5.92 Å². The molecule has 3 heteroatoms. The second kappa shape index (κ2) is 3.66. The Labute approximate surface area is 78.8 Å². The van der Waals surface area contributed by atoms with E-state index in [1.165, 1.54) is 26.2 Å². The Hall–Kier alpha value is -0.570. The Morgan fingerprint density at radius 3 is 2.46 bits per heavy atom. The van der Waals surface area contributed by atoms with E-state index in [0.717, 1.165) is 6.42 Å². The maximum atomic E-state index is 10.7. The Bertz CT molecular complexity index is 194. The summed E-state index contributed by atoms with van der Waals surface area (Å²) >= 11 is 0. The van der Waals surface area contributed by atoms with Crippen LogP contribution in [-0.2, 0) is 4.79 Å². The largest absolute Gasteiger partial charge is 0.479 e. The highest BCUT2D eigenvalue weighted by atomic mass is 16.4. The van der Waals surface area contributed by atoms with Crippen molar-refractivity contribution in [2.45, 2.75) is 45.1 Å². The number of carbonyl (C=O) groups is 1. The second-order valence-corrected chi connectivity index (χ2v) is 4.39. The maximum absolute atomic E-state index is 10.7. The number of carboxylic acids is 1. The van der Waals surface area contributed by atoms with Crippen molar-refractivity contribution in [1.29, 1.82) is 0 Å². The van der Waals surface area contributed by atoms with Gasteiger partial charge in [-0.3, -0.25) is 0 Å². The normalized spacial score (nSPS) is 24.5. The Kier molecular flexibility index (Phi) is 2.96. The topological polar surface area (TPSA) is 57.5 Å². The van der Waals surface area contributed by atoms with Gasteiger partial charge in [0.15, 0.2) is 5.60 Å². The fourth-order valence-corrected chi connectivity index (χ4v) is 1.67. The minimum Gasteiger partial charge on any atom is -0.479 e. The molecule has 3 nitrogen and oxygen atoms in total. The summed E-state index contributed by atoms with van der Waals surface area (Å²) in [5.74, 6) is -0.629. The molecule has 0 radical (unpaired) electrons. The van der Waals surface area contributed by atoms with Crippen LogP contribution in [0, 0.1) is 11.8 Å². The van der Waals surface area contributed by atoms with Gasteiger partial charge in [0, 0.05) is 0 Å². The molecule has 1 rings (SSSR count). The standard InChI is InChI=1S/C10H18O3/c1-7(6-8-4-3-5-8)10(2,13)9(11)12/h7-8,13H,3-6H2,1-2H3,(H,11,12). The summed E-state index contributed by atoms with van der Waals surface area (Å²) in [6.07, 6.45) is 4.48. The molecule has 2 atom stereocenters. The lowest BCUT2D eigenvalue weighted by atomic mass is 9.75. The SMILES string of the molecule is CC(CC1CCC1)C(C)(O)C(=O)O. The van der Waals surface area contributed by atoms with Crippen LogP contribution in [-0.4, -0.2) is 21.8 Å². The summed E-state index contributed by atoms with van der Waals surface area (Å²) < 4.78 is 0. The number of hydrogen-bond acceptors (Lipinski definition) is 2. The van der Waals surface area contributed by atoms with Crippen LogP contribution < -0.4 is 0 Å². The summed E-state index contributed by atoms with van der Waals surface area (Å²) in [6, 6.07) is 0. The van der Waals surface area contributed by atoms with Gasteiger partial charge in [-0.1, -0.05) is 26.2 Å². The molecule has 0 aromatic carbocycles. The average Bonchev–Trinajstić information content (AvgIpc) is 1.95. The predicted octanol–water partition coefficient (Wildman–Crippen LogP) is 1.65. The Morgan fingerprint density at radius 2 is 2.15 bits per heavy atom. The molecular formula is C10H18O3. The molecule has 76 valence electrons. The van der Waals surface area contributed by atoms with Crippen LogP contribution in [0.3, 0.4) is 0 Å². The van der Waals surface area contributed by atoms with Gasteiger partial charge in [0.05, 0.1) is 0 Å². The molecule has 0 saturated heterocycles. The number of aliphatic hydroxyl groups is 1. The minimum atomic E-state index is -1.56. The van der Waals surface area contributed by atoms with Crippen molar-refractivity contribution in [3.05, 3.63) is 0 Å². The monoisotopic (exact) mass is 186 g/mol. The highest BCUT2D eigenvalue weighted by Crippen LogP contribution is 2.35. The van der Waals surface area contributed by atoms with Gasteiger partial charge in [-0.15, -0.1) is 0 Å². The molecule has 1 saturated carbocycles. The second-order valence-electron chi connectivity index (χ2n) is 4.39. The van der Waals surface area contributed by atoms with Crippen molar-refractivity contribution in [3.8, 4) is 0 Å². The van der Waals surface area contributed by atoms with Crippen LogP contribution in [0.2, 0.25) is 0 Å². The van der Waals surface area contributed by atoms with Crippen LogP contribution in [0.5, 0.6) is 0 Å². The molecule has 0 aromatic rings. The third-order valence-electron chi connectivity index (χ3n) is 3.30. The van der Waals surface area contributed by atoms with Crippen molar-refractivity contribution >= 4 is 5.97 Å². The molecule has 13 heavy (non-hydrogen) atoms. The molecule has 0 spiro atoms. The molecule has 0 amide bonds. The van der Waals surface area contributed by atoms with Gasteiger partial charge in [-0.05, 0) is 25.2 Å².